The number of carboxylic acids is 1. The molecule has 0 bridgehead atoms. The minimum atomic E-state index is -0.907. The molecule has 0 unspecified atom stereocenters. The van der Waals surface area contributed by atoms with Crippen LogP contribution in [0.2, 0.25) is 0 Å². The fraction of sp³-hybridized carbons (Fsp3) is 0.538. The van der Waals surface area contributed by atoms with E-state index in [9.17, 15) is 14.7 Å². The number of amides is 1. The first-order valence-corrected chi connectivity index (χ1v) is 6.02. The molecule has 18 heavy (non-hydrogen) atoms. The van der Waals surface area contributed by atoms with E-state index >= 15 is 0 Å². The topological polar surface area (TPSA) is 79.5 Å². The molecule has 5 nitrogen and oxygen atoms in total. The van der Waals surface area contributed by atoms with Crippen molar-refractivity contribution in [1.29, 1.82) is 0 Å². The third-order valence-electron chi connectivity index (χ3n) is 3.46. The summed E-state index contributed by atoms with van der Waals surface area (Å²) in [5, 5.41) is 11.9. The van der Waals surface area contributed by atoms with Gasteiger partial charge in [-0.15, -0.1) is 0 Å². The fourth-order valence-corrected chi connectivity index (χ4v) is 1.81. The second kappa shape index (κ2) is 5.71. The molecule has 100 valence electrons. The van der Waals surface area contributed by atoms with Crippen LogP contribution in [0.3, 0.4) is 0 Å². The van der Waals surface area contributed by atoms with Crippen LogP contribution in [0.1, 0.15) is 42.8 Å². The average molecular weight is 253 g/mol. The normalized spacial score (nSPS) is 11.3. The van der Waals surface area contributed by atoms with E-state index in [-0.39, 0.29) is 18.2 Å². The zero-order valence-corrected chi connectivity index (χ0v) is 10.9. The number of hydrogen-bond donors (Lipinski definition) is 2. The number of nitrogens with one attached hydrogen (secondary N) is 1. The first-order chi connectivity index (χ1) is 8.46. The standard InChI is InChI=1S/C13H19NO4/c1-4-13(5-2,12(16)17)8-14-11(15)10-9(3)6-7-18-10/h6-7H,4-5,8H2,1-3H3,(H,14,15)(H,16,17). The van der Waals surface area contributed by atoms with E-state index in [0.717, 1.165) is 5.56 Å². The molecule has 0 atom stereocenters. The Hall–Kier alpha value is -1.78. The Morgan fingerprint density at radius 1 is 1.39 bits per heavy atom. The van der Waals surface area contributed by atoms with Crippen molar-refractivity contribution in [3.63, 3.8) is 0 Å². The first-order valence-electron chi connectivity index (χ1n) is 6.02. The first kappa shape index (κ1) is 14.3. The maximum absolute atomic E-state index is 11.8. The summed E-state index contributed by atoms with van der Waals surface area (Å²) in [5.74, 6) is -1.02. The van der Waals surface area contributed by atoms with Crippen molar-refractivity contribution in [2.45, 2.75) is 33.6 Å². The van der Waals surface area contributed by atoms with Gasteiger partial charge < -0.3 is 14.8 Å². The van der Waals surface area contributed by atoms with Crippen LogP contribution in [0.4, 0.5) is 0 Å². The van der Waals surface area contributed by atoms with Crippen LogP contribution in [0.25, 0.3) is 0 Å². The highest BCUT2D eigenvalue weighted by Gasteiger charge is 2.35. The van der Waals surface area contributed by atoms with Gasteiger partial charge in [0.2, 0.25) is 0 Å². The van der Waals surface area contributed by atoms with E-state index in [4.69, 9.17) is 4.42 Å². The van der Waals surface area contributed by atoms with Crippen molar-refractivity contribution < 1.29 is 19.1 Å². The summed E-state index contributed by atoms with van der Waals surface area (Å²) in [6.45, 7) is 5.49. The van der Waals surface area contributed by atoms with Crippen LogP contribution in [0.5, 0.6) is 0 Å². The van der Waals surface area contributed by atoms with E-state index in [1.165, 1.54) is 6.26 Å². The van der Waals surface area contributed by atoms with Gasteiger partial charge in [0.25, 0.3) is 5.91 Å². The van der Waals surface area contributed by atoms with Crippen molar-refractivity contribution in [2.24, 2.45) is 5.41 Å². The number of carbonyl (C=O) groups is 2. The molecule has 2 N–H and O–H groups in total. The molecule has 1 amide bonds. The van der Waals surface area contributed by atoms with Crippen LogP contribution in [0, 0.1) is 12.3 Å². The lowest BCUT2D eigenvalue weighted by molar-refractivity contribution is -0.149. The Morgan fingerprint density at radius 2 is 2.00 bits per heavy atom. The summed E-state index contributed by atoms with van der Waals surface area (Å²) >= 11 is 0. The molecule has 1 rings (SSSR count). The SMILES string of the molecule is CCC(CC)(CNC(=O)c1occc1C)C(=O)O. The minimum absolute atomic E-state index is 0.105. The number of aliphatic carboxylic acids is 1. The number of furan rings is 1. The van der Waals surface area contributed by atoms with E-state index in [1.54, 1.807) is 13.0 Å². The molecular formula is C13H19NO4. The van der Waals surface area contributed by atoms with Crippen LogP contribution in [-0.2, 0) is 4.79 Å². The third-order valence-corrected chi connectivity index (χ3v) is 3.46. The van der Waals surface area contributed by atoms with Gasteiger partial charge in [0, 0.05) is 12.1 Å². The van der Waals surface area contributed by atoms with E-state index in [0.29, 0.717) is 12.8 Å². The Kier molecular flexibility index (Phi) is 4.53. The maximum Gasteiger partial charge on any atom is 0.311 e. The van der Waals surface area contributed by atoms with Gasteiger partial charge in [0.15, 0.2) is 5.76 Å². The number of aryl methyl sites for hydroxylation is 1. The lowest BCUT2D eigenvalue weighted by atomic mass is 9.82. The minimum Gasteiger partial charge on any atom is -0.481 e. The molecule has 0 aliphatic heterocycles. The van der Waals surface area contributed by atoms with Crippen LogP contribution in [-0.4, -0.2) is 23.5 Å². The van der Waals surface area contributed by atoms with Crippen LogP contribution in [0.15, 0.2) is 16.7 Å². The molecular weight excluding hydrogens is 234 g/mol. The molecule has 5 heteroatoms. The van der Waals surface area contributed by atoms with Gasteiger partial charge in [-0.25, -0.2) is 0 Å². The summed E-state index contributed by atoms with van der Waals surface area (Å²) in [5.41, 5.74) is -0.169. The molecule has 0 radical (unpaired) electrons. The molecule has 0 aliphatic rings. The lowest BCUT2D eigenvalue weighted by Crippen LogP contribution is -2.42. The molecule has 0 saturated heterocycles. The van der Waals surface area contributed by atoms with Crippen molar-refractivity contribution in [2.75, 3.05) is 6.54 Å². The smallest absolute Gasteiger partial charge is 0.311 e. The van der Waals surface area contributed by atoms with Crippen molar-refractivity contribution >= 4 is 11.9 Å². The molecule has 1 aromatic rings. The molecule has 0 aliphatic carbocycles. The Morgan fingerprint density at radius 3 is 2.39 bits per heavy atom. The quantitative estimate of drug-likeness (QED) is 0.814. The van der Waals surface area contributed by atoms with Crippen LogP contribution >= 0.6 is 0 Å². The number of rotatable bonds is 6. The van der Waals surface area contributed by atoms with Gasteiger partial charge in [0.05, 0.1) is 11.7 Å². The number of carbonyl (C=O) groups excluding carboxylic acids is 1. The van der Waals surface area contributed by atoms with Gasteiger partial charge in [-0.3, -0.25) is 9.59 Å². The number of carboxylic acid groups (broad SMARTS) is 1. The Bertz CT molecular complexity index is 432. The molecule has 0 aromatic carbocycles. The lowest BCUT2D eigenvalue weighted by Gasteiger charge is -2.26. The van der Waals surface area contributed by atoms with Gasteiger partial charge in [0.1, 0.15) is 0 Å². The second-order valence-corrected chi connectivity index (χ2v) is 4.41. The third kappa shape index (κ3) is 2.72. The largest absolute Gasteiger partial charge is 0.481 e. The summed E-state index contributed by atoms with van der Waals surface area (Å²) in [6, 6.07) is 1.69. The predicted molar refractivity (Wildman–Crippen MR) is 66.4 cm³/mol. The average Bonchev–Trinajstić information content (AvgIpc) is 2.77. The summed E-state index contributed by atoms with van der Waals surface area (Å²) in [6.07, 6.45) is 2.38. The predicted octanol–water partition coefficient (Wildman–Crippen LogP) is 2.21. The van der Waals surface area contributed by atoms with Gasteiger partial charge in [-0.1, -0.05) is 13.8 Å². The molecule has 0 spiro atoms. The Labute approximate surface area is 106 Å². The summed E-state index contributed by atoms with van der Waals surface area (Å²) < 4.78 is 5.06. The zero-order chi connectivity index (χ0) is 13.8. The molecule has 1 aromatic heterocycles. The zero-order valence-electron chi connectivity index (χ0n) is 10.9. The monoisotopic (exact) mass is 253 g/mol. The molecule has 0 saturated carbocycles. The van der Waals surface area contributed by atoms with E-state index in [1.807, 2.05) is 13.8 Å². The van der Waals surface area contributed by atoms with Gasteiger partial charge in [-0.05, 0) is 25.8 Å². The summed E-state index contributed by atoms with van der Waals surface area (Å²) in [4.78, 5) is 23.1. The van der Waals surface area contributed by atoms with E-state index in [2.05, 4.69) is 5.32 Å². The second-order valence-electron chi connectivity index (χ2n) is 4.41. The van der Waals surface area contributed by atoms with Crippen molar-refractivity contribution in [3.05, 3.63) is 23.7 Å². The maximum atomic E-state index is 11.8. The number of hydrogen-bond acceptors (Lipinski definition) is 3. The molecule has 0 fully saturated rings. The van der Waals surface area contributed by atoms with Crippen LogP contribution < -0.4 is 5.32 Å². The summed E-state index contributed by atoms with van der Waals surface area (Å²) in [7, 11) is 0. The molecule has 1 heterocycles. The Balaban J connectivity index is 2.72. The van der Waals surface area contributed by atoms with Crippen molar-refractivity contribution in [1.82, 2.24) is 5.32 Å². The fourth-order valence-electron chi connectivity index (χ4n) is 1.81. The highest BCUT2D eigenvalue weighted by Crippen LogP contribution is 2.25. The van der Waals surface area contributed by atoms with Gasteiger partial charge in [-0.2, -0.15) is 0 Å². The van der Waals surface area contributed by atoms with E-state index < -0.39 is 11.4 Å². The van der Waals surface area contributed by atoms with Gasteiger partial charge >= 0.3 is 5.97 Å². The highest BCUT2D eigenvalue weighted by molar-refractivity contribution is 5.93. The highest BCUT2D eigenvalue weighted by atomic mass is 16.4. The van der Waals surface area contributed by atoms with Crippen molar-refractivity contribution in [3.8, 4) is 0 Å².